The molecule has 0 radical (unpaired) electrons. The zero-order valence-electron chi connectivity index (χ0n) is 11.1. The zero-order chi connectivity index (χ0) is 13.4. The highest BCUT2D eigenvalue weighted by Crippen LogP contribution is 2.20. The summed E-state index contributed by atoms with van der Waals surface area (Å²) >= 11 is 0. The van der Waals surface area contributed by atoms with Crippen molar-refractivity contribution in [2.24, 2.45) is 0 Å². The van der Waals surface area contributed by atoms with Crippen LogP contribution in [0.1, 0.15) is 33.1 Å². The maximum absolute atomic E-state index is 12.1. The molecule has 0 aliphatic heterocycles. The molecular weight excluding hydrogens is 248 g/mol. The Bertz CT molecular complexity index is 458. The third kappa shape index (κ3) is 4.31. The topological polar surface area (TPSA) is 58.2 Å². The van der Waals surface area contributed by atoms with Crippen molar-refractivity contribution in [1.82, 2.24) is 4.72 Å². The molecule has 2 N–H and O–H groups in total. The van der Waals surface area contributed by atoms with E-state index in [1.54, 1.807) is 18.2 Å². The lowest BCUT2D eigenvalue weighted by Crippen LogP contribution is -2.25. The van der Waals surface area contributed by atoms with Crippen LogP contribution >= 0.6 is 0 Å². The third-order valence-corrected chi connectivity index (χ3v) is 4.14. The van der Waals surface area contributed by atoms with Gasteiger partial charge in [0.1, 0.15) is 4.90 Å². The van der Waals surface area contributed by atoms with Crippen LogP contribution in [-0.2, 0) is 10.0 Å². The average molecular weight is 270 g/mol. The molecule has 0 amide bonds. The second kappa shape index (κ2) is 7.38. The van der Waals surface area contributed by atoms with Gasteiger partial charge in [-0.2, -0.15) is 0 Å². The monoisotopic (exact) mass is 270 g/mol. The molecule has 0 aliphatic carbocycles. The van der Waals surface area contributed by atoms with Crippen molar-refractivity contribution < 1.29 is 8.42 Å². The Kier molecular flexibility index (Phi) is 6.15. The third-order valence-electron chi connectivity index (χ3n) is 2.62. The molecule has 18 heavy (non-hydrogen) atoms. The first-order valence-electron chi connectivity index (χ1n) is 6.44. The molecule has 0 fully saturated rings. The highest BCUT2D eigenvalue weighted by molar-refractivity contribution is 7.89. The average Bonchev–Trinajstić information content (AvgIpc) is 2.36. The van der Waals surface area contributed by atoms with E-state index in [2.05, 4.69) is 17.0 Å². The summed E-state index contributed by atoms with van der Waals surface area (Å²) in [5.74, 6) is 0. The highest BCUT2D eigenvalue weighted by atomic mass is 32.2. The normalized spacial score (nSPS) is 11.4. The summed E-state index contributed by atoms with van der Waals surface area (Å²) < 4.78 is 26.9. The van der Waals surface area contributed by atoms with E-state index in [0.717, 1.165) is 19.3 Å². The first kappa shape index (κ1) is 15.0. The molecule has 4 nitrogen and oxygen atoms in total. The molecule has 0 unspecified atom stereocenters. The van der Waals surface area contributed by atoms with Gasteiger partial charge < -0.3 is 5.32 Å². The summed E-state index contributed by atoms with van der Waals surface area (Å²) in [5, 5.41) is 3.06. The van der Waals surface area contributed by atoms with Crippen LogP contribution in [0.4, 0.5) is 5.69 Å². The SMILES string of the molecule is CCCCCNS(=O)(=O)c1ccccc1NCC. The predicted molar refractivity (Wildman–Crippen MR) is 75.3 cm³/mol. The minimum atomic E-state index is -3.41. The molecule has 0 saturated carbocycles. The van der Waals surface area contributed by atoms with Gasteiger partial charge in [-0.25, -0.2) is 13.1 Å². The molecule has 102 valence electrons. The molecule has 0 heterocycles. The van der Waals surface area contributed by atoms with Gasteiger partial charge in [-0.1, -0.05) is 31.9 Å². The maximum Gasteiger partial charge on any atom is 0.242 e. The maximum atomic E-state index is 12.1. The van der Waals surface area contributed by atoms with Crippen molar-refractivity contribution in [2.75, 3.05) is 18.4 Å². The molecule has 5 heteroatoms. The Morgan fingerprint density at radius 1 is 1.11 bits per heavy atom. The lowest BCUT2D eigenvalue weighted by atomic mass is 10.3. The molecule has 0 bridgehead atoms. The number of nitrogens with one attached hydrogen (secondary N) is 2. The quantitative estimate of drug-likeness (QED) is 0.714. The van der Waals surface area contributed by atoms with E-state index in [1.165, 1.54) is 0 Å². The van der Waals surface area contributed by atoms with Crippen molar-refractivity contribution in [3.8, 4) is 0 Å². The van der Waals surface area contributed by atoms with Crippen LogP contribution in [-0.4, -0.2) is 21.5 Å². The Balaban J connectivity index is 2.77. The van der Waals surface area contributed by atoms with Gasteiger partial charge in [-0.05, 0) is 25.5 Å². The predicted octanol–water partition coefficient (Wildman–Crippen LogP) is 2.59. The first-order chi connectivity index (χ1) is 8.61. The van der Waals surface area contributed by atoms with Gasteiger partial charge in [0.25, 0.3) is 0 Å². The van der Waals surface area contributed by atoms with Crippen LogP contribution in [0.25, 0.3) is 0 Å². The fourth-order valence-corrected chi connectivity index (χ4v) is 2.95. The van der Waals surface area contributed by atoms with Crippen LogP contribution < -0.4 is 10.0 Å². The van der Waals surface area contributed by atoms with Crippen molar-refractivity contribution in [3.63, 3.8) is 0 Å². The molecule has 0 spiro atoms. The van der Waals surface area contributed by atoms with Crippen LogP contribution in [0.3, 0.4) is 0 Å². The van der Waals surface area contributed by atoms with Crippen molar-refractivity contribution in [2.45, 2.75) is 38.0 Å². The summed E-state index contributed by atoms with van der Waals surface area (Å²) in [6, 6.07) is 6.97. The number of anilines is 1. The highest BCUT2D eigenvalue weighted by Gasteiger charge is 2.16. The Labute approximate surface area is 110 Å². The van der Waals surface area contributed by atoms with Gasteiger partial charge in [-0.15, -0.1) is 0 Å². The standard InChI is InChI=1S/C13H22N2O2S/c1-3-5-8-11-15-18(16,17)13-10-7-6-9-12(13)14-4-2/h6-7,9-10,14-15H,3-5,8,11H2,1-2H3. The van der Waals surface area contributed by atoms with Gasteiger partial charge in [-0.3, -0.25) is 0 Å². The molecule has 1 rings (SSSR count). The minimum absolute atomic E-state index is 0.323. The summed E-state index contributed by atoms with van der Waals surface area (Å²) in [5.41, 5.74) is 0.656. The van der Waals surface area contributed by atoms with E-state index >= 15 is 0 Å². The van der Waals surface area contributed by atoms with E-state index in [-0.39, 0.29) is 0 Å². The molecule has 1 aromatic carbocycles. The number of rotatable bonds is 8. The van der Waals surface area contributed by atoms with E-state index in [0.29, 0.717) is 23.7 Å². The number of sulfonamides is 1. The van der Waals surface area contributed by atoms with Crippen LogP contribution in [0.15, 0.2) is 29.2 Å². The first-order valence-corrected chi connectivity index (χ1v) is 7.92. The number of para-hydroxylation sites is 1. The molecular formula is C13H22N2O2S. The summed E-state index contributed by atoms with van der Waals surface area (Å²) in [6.07, 6.45) is 2.99. The summed E-state index contributed by atoms with van der Waals surface area (Å²) in [4.78, 5) is 0.323. The Morgan fingerprint density at radius 2 is 1.83 bits per heavy atom. The molecule has 0 saturated heterocycles. The number of benzene rings is 1. The number of unbranched alkanes of at least 4 members (excludes halogenated alkanes) is 2. The Morgan fingerprint density at radius 3 is 2.50 bits per heavy atom. The second-order valence-corrected chi connectivity index (χ2v) is 5.87. The van der Waals surface area contributed by atoms with E-state index < -0.39 is 10.0 Å². The second-order valence-electron chi connectivity index (χ2n) is 4.13. The van der Waals surface area contributed by atoms with E-state index in [1.807, 2.05) is 13.0 Å². The van der Waals surface area contributed by atoms with Gasteiger partial charge in [0.05, 0.1) is 5.69 Å². The summed E-state index contributed by atoms with van der Waals surface area (Å²) in [7, 11) is -3.41. The zero-order valence-corrected chi connectivity index (χ0v) is 11.9. The van der Waals surface area contributed by atoms with Gasteiger partial charge in [0.15, 0.2) is 0 Å². The van der Waals surface area contributed by atoms with Crippen LogP contribution in [0, 0.1) is 0 Å². The van der Waals surface area contributed by atoms with E-state index in [9.17, 15) is 8.42 Å². The Hall–Kier alpha value is -1.07. The summed E-state index contributed by atoms with van der Waals surface area (Å²) in [6.45, 7) is 5.23. The number of hydrogen-bond donors (Lipinski definition) is 2. The van der Waals surface area contributed by atoms with Gasteiger partial charge in [0.2, 0.25) is 10.0 Å². The molecule has 1 aromatic rings. The van der Waals surface area contributed by atoms with Crippen LogP contribution in [0.5, 0.6) is 0 Å². The van der Waals surface area contributed by atoms with Gasteiger partial charge in [0, 0.05) is 13.1 Å². The lowest BCUT2D eigenvalue weighted by Gasteiger charge is -2.12. The number of hydrogen-bond acceptors (Lipinski definition) is 3. The smallest absolute Gasteiger partial charge is 0.242 e. The molecule has 0 aliphatic rings. The largest absolute Gasteiger partial charge is 0.384 e. The van der Waals surface area contributed by atoms with Gasteiger partial charge >= 0.3 is 0 Å². The fourth-order valence-electron chi connectivity index (χ4n) is 1.70. The van der Waals surface area contributed by atoms with E-state index in [4.69, 9.17) is 0 Å². The van der Waals surface area contributed by atoms with Crippen molar-refractivity contribution in [3.05, 3.63) is 24.3 Å². The fraction of sp³-hybridized carbons (Fsp3) is 0.538. The molecule has 0 atom stereocenters. The minimum Gasteiger partial charge on any atom is -0.384 e. The lowest BCUT2D eigenvalue weighted by molar-refractivity contribution is 0.576. The van der Waals surface area contributed by atoms with Crippen LogP contribution in [0.2, 0.25) is 0 Å². The molecule has 0 aromatic heterocycles. The van der Waals surface area contributed by atoms with Crippen molar-refractivity contribution in [1.29, 1.82) is 0 Å². The van der Waals surface area contributed by atoms with Crippen molar-refractivity contribution >= 4 is 15.7 Å².